The molecule has 0 bridgehead atoms. The van der Waals surface area contributed by atoms with Crippen LogP contribution >= 0.6 is 11.6 Å². The number of hydrogen-bond donors (Lipinski definition) is 1. The number of nitrogens with one attached hydrogen (secondary N) is 1. The fourth-order valence-corrected chi connectivity index (χ4v) is 3.34. The van der Waals surface area contributed by atoms with Crippen molar-refractivity contribution in [3.63, 3.8) is 0 Å². The van der Waals surface area contributed by atoms with Gasteiger partial charge in [0.2, 0.25) is 11.8 Å². The molecule has 26 heavy (non-hydrogen) atoms. The summed E-state index contributed by atoms with van der Waals surface area (Å²) in [4.78, 5) is 25.6. The first kappa shape index (κ1) is 20.3. The monoisotopic (exact) mass is 378 g/mol. The molecule has 1 aromatic rings. The Bertz CT molecular complexity index is 673. The summed E-state index contributed by atoms with van der Waals surface area (Å²) in [5.41, 5.74) is 2.10. The summed E-state index contributed by atoms with van der Waals surface area (Å²) < 4.78 is 5.13. The molecule has 5 nitrogen and oxygen atoms in total. The number of methoxy groups -OCH3 is 1. The summed E-state index contributed by atoms with van der Waals surface area (Å²) in [6, 6.07) is 5.15. The number of carbonyl (C=O) groups is 2. The van der Waals surface area contributed by atoms with Crippen LogP contribution in [-0.2, 0) is 9.59 Å². The summed E-state index contributed by atoms with van der Waals surface area (Å²) in [7, 11) is 1.54. The van der Waals surface area contributed by atoms with Crippen LogP contribution in [0.25, 0.3) is 0 Å². The molecular weight excluding hydrogens is 352 g/mol. The average Bonchev–Trinajstić information content (AvgIpc) is 2.62. The Morgan fingerprint density at radius 1 is 1.31 bits per heavy atom. The predicted molar refractivity (Wildman–Crippen MR) is 105 cm³/mol. The lowest BCUT2D eigenvalue weighted by Crippen LogP contribution is -2.34. The van der Waals surface area contributed by atoms with Crippen molar-refractivity contribution in [3.8, 4) is 5.75 Å². The van der Waals surface area contributed by atoms with E-state index in [1.165, 1.54) is 32.4 Å². The van der Waals surface area contributed by atoms with Crippen molar-refractivity contribution >= 4 is 29.1 Å². The minimum Gasteiger partial charge on any atom is -0.495 e. The number of amides is 2. The van der Waals surface area contributed by atoms with Crippen molar-refractivity contribution in [2.75, 3.05) is 25.1 Å². The van der Waals surface area contributed by atoms with Gasteiger partial charge < -0.3 is 15.0 Å². The molecule has 1 N–H and O–H groups in total. The van der Waals surface area contributed by atoms with Gasteiger partial charge in [-0.25, -0.2) is 0 Å². The molecule has 0 aromatic heterocycles. The van der Waals surface area contributed by atoms with E-state index in [2.05, 4.69) is 11.4 Å². The standard InChI is InChI=1S/C20H27ClN2O3/c1-15(24)23(17-8-9-19(26-2)18(21)14-17)13-11-20(25)22-12-10-16-6-4-3-5-7-16/h6,8-9,14H,3-5,7,10-13H2,1-2H3,(H,22,25). The first-order valence-corrected chi connectivity index (χ1v) is 9.45. The van der Waals surface area contributed by atoms with Crippen LogP contribution in [0, 0.1) is 0 Å². The molecule has 0 atom stereocenters. The van der Waals surface area contributed by atoms with Crippen molar-refractivity contribution in [1.82, 2.24) is 5.32 Å². The topological polar surface area (TPSA) is 58.6 Å². The first-order chi connectivity index (χ1) is 12.5. The molecule has 2 amide bonds. The van der Waals surface area contributed by atoms with Crippen molar-refractivity contribution in [1.29, 1.82) is 0 Å². The van der Waals surface area contributed by atoms with Gasteiger partial charge in [0, 0.05) is 32.1 Å². The van der Waals surface area contributed by atoms with E-state index in [1.54, 1.807) is 23.1 Å². The second-order valence-electron chi connectivity index (χ2n) is 6.45. The van der Waals surface area contributed by atoms with E-state index >= 15 is 0 Å². The molecule has 0 saturated carbocycles. The molecule has 0 saturated heterocycles. The maximum atomic E-state index is 12.1. The number of benzene rings is 1. The molecule has 0 aliphatic heterocycles. The highest BCUT2D eigenvalue weighted by Crippen LogP contribution is 2.29. The van der Waals surface area contributed by atoms with Crippen molar-refractivity contribution in [3.05, 3.63) is 34.9 Å². The van der Waals surface area contributed by atoms with E-state index in [-0.39, 0.29) is 18.2 Å². The largest absolute Gasteiger partial charge is 0.495 e. The van der Waals surface area contributed by atoms with E-state index in [0.29, 0.717) is 29.5 Å². The summed E-state index contributed by atoms with van der Waals surface area (Å²) in [6.07, 6.45) is 8.27. The number of carbonyl (C=O) groups excluding carboxylic acids is 2. The van der Waals surface area contributed by atoms with E-state index in [4.69, 9.17) is 16.3 Å². The number of rotatable bonds is 8. The summed E-state index contributed by atoms with van der Waals surface area (Å²) in [5.74, 6) is 0.368. The van der Waals surface area contributed by atoms with E-state index in [1.807, 2.05) is 0 Å². The fourth-order valence-electron chi connectivity index (χ4n) is 3.09. The van der Waals surface area contributed by atoms with Crippen LogP contribution in [0.1, 0.15) is 45.4 Å². The van der Waals surface area contributed by atoms with Crippen LogP contribution in [0.2, 0.25) is 5.02 Å². The second kappa shape index (κ2) is 10.2. The quantitative estimate of drug-likeness (QED) is 0.693. The third-order valence-electron chi connectivity index (χ3n) is 4.54. The number of nitrogens with zero attached hydrogens (tertiary/aromatic N) is 1. The van der Waals surface area contributed by atoms with Crippen LogP contribution < -0.4 is 15.0 Å². The zero-order valence-corrected chi connectivity index (χ0v) is 16.3. The van der Waals surface area contributed by atoms with Crippen molar-refractivity contribution in [2.45, 2.75) is 45.4 Å². The lowest BCUT2D eigenvalue weighted by atomic mass is 9.97. The Hall–Kier alpha value is -2.01. The number of allylic oxidation sites excluding steroid dienone is 1. The van der Waals surface area contributed by atoms with Crippen LogP contribution in [0.15, 0.2) is 29.8 Å². The lowest BCUT2D eigenvalue weighted by Gasteiger charge is -2.21. The van der Waals surface area contributed by atoms with Crippen LogP contribution in [0.3, 0.4) is 0 Å². The summed E-state index contributed by atoms with van der Waals surface area (Å²) in [5, 5.41) is 3.37. The number of halogens is 1. The smallest absolute Gasteiger partial charge is 0.223 e. The maximum absolute atomic E-state index is 12.1. The van der Waals surface area contributed by atoms with Crippen LogP contribution in [0.4, 0.5) is 5.69 Å². The minimum absolute atomic E-state index is 0.0488. The Morgan fingerprint density at radius 3 is 2.73 bits per heavy atom. The fraction of sp³-hybridized carbons (Fsp3) is 0.500. The summed E-state index contributed by atoms with van der Waals surface area (Å²) >= 11 is 6.14. The molecule has 1 aromatic carbocycles. The number of ether oxygens (including phenoxy) is 1. The molecule has 142 valence electrons. The third kappa shape index (κ3) is 6.06. The predicted octanol–water partition coefficient (Wildman–Crippen LogP) is 4.10. The highest BCUT2D eigenvalue weighted by atomic mass is 35.5. The van der Waals surface area contributed by atoms with Gasteiger partial charge in [-0.3, -0.25) is 9.59 Å². The van der Waals surface area contributed by atoms with E-state index in [9.17, 15) is 9.59 Å². The van der Waals surface area contributed by atoms with Gasteiger partial charge in [-0.05, 0) is 50.3 Å². The van der Waals surface area contributed by atoms with Gasteiger partial charge in [-0.1, -0.05) is 23.3 Å². The van der Waals surface area contributed by atoms with Gasteiger partial charge in [0.05, 0.1) is 12.1 Å². The lowest BCUT2D eigenvalue weighted by molar-refractivity contribution is -0.121. The van der Waals surface area contributed by atoms with Gasteiger partial charge in [-0.2, -0.15) is 0 Å². The zero-order chi connectivity index (χ0) is 18.9. The zero-order valence-electron chi connectivity index (χ0n) is 15.5. The molecule has 2 rings (SSSR count). The van der Waals surface area contributed by atoms with Gasteiger partial charge in [0.25, 0.3) is 0 Å². The normalized spacial score (nSPS) is 13.7. The van der Waals surface area contributed by atoms with Crippen molar-refractivity contribution < 1.29 is 14.3 Å². The SMILES string of the molecule is COc1ccc(N(CCC(=O)NCCC2=CCCCC2)C(C)=O)cc1Cl. The van der Waals surface area contributed by atoms with Gasteiger partial charge in [0.15, 0.2) is 0 Å². The van der Waals surface area contributed by atoms with Gasteiger partial charge in [-0.15, -0.1) is 0 Å². The minimum atomic E-state index is -0.133. The van der Waals surface area contributed by atoms with E-state index < -0.39 is 0 Å². The Kier molecular flexibility index (Phi) is 7.98. The molecule has 0 radical (unpaired) electrons. The van der Waals surface area contributed by atoms with Crippen molar-refractivity contribution in [2.24, 2.45) is 0 Å². The second-order valence-corrected chi connectivity index (χ2v) is 6.85. The third-order valence-corrected chi connectivity index (χ3v) is 4.84. The molecular formula is C20H27ClN2O3. The molecule has 6 heteroatoms. The summed E-state index contributed by atoms with van der Waals surface area (Å²) in [6.45, 7) is 2.44. The van der Waals surface area contributed by atoms with Gasteiger partial charge in [0.1, 0.15) is 5.75 Å². The maximum Gasteiger partial charge on any atom is 0.223 e. The highest BCUT2D eigenvalue weighted by molar-refractivity contribution is 6.32. The molecule has 0 fully saturated rings. The molecule has 1 aliphatic carbocycles. The Morgan fingerprint density at radius 2 is 2.12 bits per heavy atom. The van der Waals surface area contributed by atoms with Crippen LogP contribution in [0.5, 0.6) is 5.75 Å². The number of anilines is 1. The molecule has 0 unspecified atom stereocenters. The van der Waals surface area contributed by atoms with Crippen LogP contribution in [-0.4, -0.2) is 32.0 Å². The Balaban J connectivity index is 1.83. The first-order valence-electron chi connectivity index (χ1n) is 9.07. The number of hydrogen-bond acceptors (Lipinski definition) is 3. The highest BCUT2D eigenvalue weighted by Gasteiger charge is 2.15. The average molecular weight is 379 g/mol. The van der Waals surface area contributed by atoms with Gasteiger partial charge >= 0.3 is 0 Å². The molecule has 0 spiro atoms. The van der Waals surface area contributed by atoms with E-state index in [0.717, 1.165) is 19.3 Å². The molecule has 0 heterocycles. The molecule has 1 aliphatic rings. The Labute approximate surface area is 160 Å².